The Morgan fingerprint density at radius 2 is 1.86 bits per heavy atom. The quantitative estimate of drug-likeness (QED) is 0.635. The molecule has 2 aromatic carbocycles. The molecule has 0 amide bonds. The molecule has 2 rings (SSSR count). The number of hydrogen-bond donors (Lipinski definition) is 0. The van der Waals surface area contributed by atoms with Crippen molar-refractivity contribution in [3.8, 4) is 5.75 Å². The summed E-state index contributed by atoms with van der Waals surface area (Å²) >= 11 is 6.14. The van der Waals surface area contributed by atoms with E-state index in [4.69, 9.17) is 16.3 Å². The molecule has 0 saturated carbocycles. The van der Waals surface area contributed by atoms with Gasteiger partial charge in [-0.05, 0) is 57.1 Å². The van der Waals surface area contributed by atoms with Crippen molar-refractivity contribution in [1.29, 1.82) is 0 Å². The predicted molar refractivity (Wildman–Crippen MR) is 92.0 cm³/mol. The van der Waals surface area contributed by atoms with Gasteiger partial charge in [0.05, 0.1) is 12.1 Å². The summed E-state index contributed by atoms with van der Waals surface area (Å²) in [6.45, 7) is 3.89. The van der Waals surface area contributed by atoms with E-state index in [-0.39, 0.29) is 33.0 Å². The fourth-order valence-corrected chi connectivity index (χ4v) is 3.53. The Morgan fingerprint density at radius 1 is 1.14 bits per heavy atom. The SMILES string of the molecule is COc1ccc(PC(=O)c2c(C)cccc2Cl)c(C)c1.[Li]. The van der Waals surface area contributed by atoms with Crippen LogP contribution >= 0.6 is 20.2 Å². The largest absolute Gasteiger partial charge is 0.497 e. The number of rotatable bonds is 4. The van der Waals surface area contributed by atoms with Gasteiger partial charge in [0.25, 0.3) is 0 Å². The maximum atomic E-state index is 12.5. The molecule has 0 aromatic heterocycles. The fraction of sp³-hybridized carbons (Fsp3) is 0.188. The minimum Gasteiger partial charge on any atom is -0.497 e. The third-order valence-electron chi connectivity index (χ3n) is 3.13. The zero-order chi connectivity index (χ0) is 14.7. The fourth-order valence-electron chi connectivity index (χ4n) is 2.01. The van der Waals surface area contributed by atoms with Crippen LogP contribution in [0.5, 0.6) is 5.75 Å². The Kier molecular flexibility index (Phi) is 6.98. The summed E-state index contributed by atoms with van der Waals surface area (Å²) in [5.41, 5.74) is 2.67. The van der Waals surface area contributed by atoms with Crippen molar-refractivity contribution in [1.82, 2.24) is 0 Å². The number of benzene rings is 2. The minimum absolute atomic E-state index is 0. The Hall–Kier alpha value is -0.773. The first-order valence-corrected chi connectivity index (χ1v) is 7.62. The summed E-state index contributed by atoms with van der Waals surface area (Å²) in [4.78, 5) is 12.5. The molecule has 2 aromatic rings. The molecule has 0 aliphatic heterocycles. The van der Waals surface area contributed by atoms with E-state index >= 15 is 0 Å². The predicted octanol–water partition coefficient (Wildman–Crippen LogP) is 3.73. The number of carbonyl (C=O) groups excluding carboxylic acids is 1. The Balaban J connectivity index is 0.00000220. The first-order chi connectivity index (χ1) is 9.52. The second kappa shape index (κ2) is 8.02. The van der Waals surface area contributed by atoms with Gasteiger partial charge in [-0.25, -0.2) is 0 Å². The molecule has 0 fully saturated rings. The van der Waals surface area contributed by atoms with E-state index in [1.54, 1.807) is 13.2 Å². The summed E-state index contributed by atoms with van der Waals surface area (Å²) in [5.74, 6) is 0.803. The number of methoxy groups -OCH3 is 1. The van der Waals surface area contributed by atoms with Gasteiger partial charge >= 0.3 is 0 Å². The number of halogens is 1. The Morgan fingerprint density at radius 3 is 2.43 bits per heavy atom. The van der Waals surface area contributed by atoms with Crippen molar-refractivity contribution in [2.45, 2.75) is 13.8 Å². The second-order valence-electron chi connectivity index (χ2n) is 4.57. The number of hydrogen-bond acceptors (Lipinski definition) is 2. The molecule has 105 valence electrons. The summed E-state index contributed by atoms with van der Waals surface area (Å²) in [6.07, 6.45) is 0. The zero-order valence-electron chi connectivity index (χ0n) is 12.7. The Labute approximate surface area is 144 Å². The monoisotopic (exact) mass is 313 g/mol. The van der Waals surface area contributed by atoms with Crippen molar-refractivity contribution >= 4 is 49.9 Å². The molecular weight excluding hydrogens is 298 g/mol. The van der Waals surface area contributed by atoms with Crippen LogP contribution in [0.15, 0.2) is 36.4 Å². The topological polar surface area (TPSA) is 26.3 Å². The summed E-state index contributed by atoms with van der Waals surface area (Å²) in [6, 6.07) is 11.3. The number of aryl methyl sites for hydroxylation is 2. The molecule has 0 aliphatic rings. The van der Waals surface area contributed by atoms with E-state index in [1.165, 1.54) is 0 Å². The van der Waals surface area contributed by atoms with Crippen LogP contribution in [-0.4, -0.2) is 31.5 Å². The molecule has 1 atom stereocenters. The molecule has 2 nitrogen and oxygen atoms in total. The van der Waals surface area contributed by atoms with Crippen LogP contribution in [-0.2, 0) is 0 Å². The van der Waals surface area contributed by atoms with Gasteiger partial charge in [0, 0.05) is 24.4 Å². The first-order valence-electron chi connectivity index (χ1n) is 6.24. The van der Waals surface area contributed by atoms with Gasteiger partial charge in [-0.15, -0.1) is 0 Å². The van der Waals surface area contributed by atoms with Crippen LogP contribution in [0.2, 0.25) is 5.02 Å². The van der Waals surface area contributed by atoms with Crippen LogP contribution < -0.4 is 10.0 Å². The molecule has 1 unspecified atom stereocenters. The summed E-state index contributed by atoms with van der Waals surface area (Å²) in [5, 5.41) is 1.55. The number of carbonyl (C=O) groups is 1. The van der Waals surface area contributed by atoms with Gasteiger partial charge in [0.1, 0.15) is 5.75 Å². The van der Waals surface area contributed by atoms with Crippen LogP contribution in [0, 0.1) is 13.8 Å². The van der Waals surface area contributed by atoms with Crippen LogP contribution in [0.4, 0.5) is 0 Å². The van der Waals surface area contributed by atoms with E-state index in [2.05, 4.69) is 0 Å². The molecule has 1 radical (unpaired) electrons. The van der Waals surface area contributed by atoms with Gasteiger partial charge in [0.2, 0.25) is 0 Å². The molecule has 0 spiro atoms. The van der Waals surface area contributed by atoms with Gasteiger partial charge in [-0.2, -0.15) is 0 Å². The molecule has 0 aliphatic carbocycles. The van der Waals surface area contributed by atoms with Gasteiger partial charge in [-0.1, -0.05) is 29.8 Å². The van der Waals surface area contributed by atoms with Crippen LogP contribution in [0.3, 0.4) is 0 Å². The van der Waals surface area contributed by atoms with Gasteiger partial charge in [-0.3, -0.25) is 4.79 Å². The van der Waals surface area contributed by atoms with Gasteiger partial charge < -0.3 is 4.74 Å². The second-order valence-corrected chi connectivity index (χ2v) is 6.22. The number of ether oxygens (including phenoxy) is 1. The maximum absolute atomic E-state index is 12.5. The smallest absolute Gasteiger partial charge is 0.187 e. The molecular formula is C16H16ClLiO2P. The van der Waals surface area contributed by atoms with Crippen molar-refractivity contribution < 1.29 is 9.53 Å². The van der Waals surface area contributed by atoms with Crippen molar-refractivity contribution in [2.75, 3.05) is 7.11 Å². The third-order valence-corrected chi connectivity index (χ3v) is 4.75. The first kappa shape index (κ1) is 18.3. The standard InChI is InChI=1S/C16H16ClO2P.Li/c1-10-5-4-6-13(17)15(10)16(18)20-14-8-7-12(19-3)9-11(14)2;/h4-9,20H,1-3H3;. The molecule has 0 bridgehead atoms. The summed E-state index contributed by atoms with van der Waals surface area (Å²) < 4.78 is 5.17. The third kappa shape index (κ3) is 4.35. The summed E-state index contributed by atoms with van der Waals surface area (Å²) in [7, 11) is 1.70. The van der Waals surface area contributed by atoms with E-state index in [1.807, 2.05) is 44.2 Å². The average molecular weight is 314 g/mol. The van der Waals surface area contributed by atoms with Crippen molar-refractivity contribution in [3.63, 3.8) is 0 Å². The molecule has 0 saturated heterocycles. The molecule has 0 N–H and O–H groups in total. The van der Waals surface area contributed by atoms with E-state index in [0.29, 0.717) is 10.6 Å². The normalized spacial score (nSPS) is 10.5. The van der Waals surface area contributed by atoms with Crippen LogP contribution in [0.25, 0.3) is 0 Å². The van der Waals surface area contributed by atoms with E-state index in [0.717, 1.165) is 22.2 Å². The van der Waals surface area contributed by atoms with E-state index < -0.39 is 0 Å². The van der Waals surface area contributed by atoms with Crippen molar-refractivity contribution in [2.24, 2.45) is 0 Å². The minimum atomic E-state index is 0. The molecule has 5 heteroatoms. The molecule has 0 heterocycles. The van der Waals surface area contributed by atoms with Gasteiger partial charge in [0.15, 0.2) is 5.52 Å². The van der Waals surface area contributed by atoms with Crippen LogP contribution in [0.1, 0.15) is 21.5 Å². The molecule has 21 heavy (non-hydrogen) atoms. The van der Waals surface area contributed by atoms with E-state index in [9.17, 15) is 4.79 Å². The zero-order valence-corrected chi connectivity index (χ0v) is 14.4. The average Bonchev–Trinajstić information content (AvgIpc) is 2.41. The maximum Gasteiger partial charge on any atom is 0.187 e. The van der Waals surface area contributed by atoms with Crippen molar-refractivity contribution in [3.05, 3.63) is 58.1 Å². The Bertz CT molecular complexity index is 638.